The number of hydrogen-bond acceptors (Lipinski definition) is 4. The molecule has 1 aromatic rings. The van der Waals surface area contributed by atoms with Gasteiger partial charge in [0.05, 0.1) is 18.1 Å². The molecule has 0 bridgehead atoms. The van der Waals surface area contributed by atoms with E-state index in [4.69, 9.17) is 0 Å². The Kier molecular flexibility index (Phi) is 4.97. The molecule has 4 nitrogen and oxygen atoms in total. The highest BCUT2D eigenvalue weighted by atomic mass is 15.2. The lowest BCUT2D eigenvalue weighted by atomic mass is 10.1. The van der Waals surface area contributed by atoms with Gasteiger partial charge in [0.25, 0.3) is 0 Å². The number of aromatic nitrogens is 2. The Morgan fingerprint density at radius 2 is 1.90 bits per heavy atom. The first-order chi connectivity index (χ1) is 9.44. The standard InChI is InChI=1S/C16H28N4/c1-16(2,3)19-10-14-9-18-15(11-17-14)20(4)12-13-7-5-6-8-13/h9,11,13,19H,5-8,10,12H2,1-4H3. The monoisotopic (exact) mass is 276 g/mol. The molecule has 0 radical (unpaired) electrons. The van der Waals surface area contributed by atoms with Crippen LogP contribution < -0.4 is 10.2 Å². The van der Waals surface area contributed by atoms with Crippen molar-refractivity contribution in [2.75, 3.05) is 18.5 Å². The molecule has 0 amide bonds. The summed E-state index contributed by atoms with van der Waals surface area (Å²) in [6, 6.07) is 0. The van der Waals surface area contributed by atoms with Crippen LogP contribution in [0, 0.1) is 5.92 Å². The van der Waals surface area contributed by atoms with Gasteiger partial charge in [-0.05, 0) is 39.5 Å². The zero-order valence-electron chi connectivity index (χ0n) is 13.3. The van der Waals surface area contributed by atoms with Crippen LogP contribution in [0.4, 0.5) is 5.82 Å². The Hall–Kier alpha value is -1.16. The fourth-order valence-corrected chi connectivity index (χ4v) is 2.67. The summed E-state index contributed by atoms with van der Waals surface area (Å²) >= 11 is 0. The minimum atomic E-state index is 0.111. The van der Waals surface area contributed by atoms with Crippen LogP contribution in [-0.4, -0.2) is 29.1 Å². The summed E-state index contributed by atoms with van der Waals surface area (Å²) in [6.45, 7) is 8.34. The van der Waals surface area contributed by atoms with E-state index >= 15 is 0 Å². The molecule has 0 spiro atoms. The zero-order chi connectivity index (χ0) is 14.6. The molecular weight excluding hydrogens is 248 g/mol. The molecule has 2 rings (SSSR count). The van der Waals surface area contributed by atoms with Crippen molar-refractivity contribution < 1.29 is 0 Å². The molecule has 1 saturated carbocycles. The third-order valence-electron chi connectivity index (χ3n) is 3.89. The summed E-state index contributed by atoms with van der Waals surface area (Å²) in [5, 5.41) is 3.43. The van der Waals surface area contributed by atoms with Crippen LogP contribution in [0.2, 0.25) is 0 Å². The van der Waals surface area contributed by atoms with E-state index in [1.165, 1.54) is 25.7 Å². The van der Waals surface area contributed by atoms with E-state index in [0.29, 0.717) is 0 Å². The van der Waals surface area contributed by atoms with Crippen LogP contribution in [0.25, 0.3) is 0 Å². The van der Waals surface area contributed by atoms with Crippen LogP contribution in [0.1, 0.15) is 52.1 Å². The molecule has 0 atom stereocenters. The Bertz CT molecular complexity index is 401. The number of rotatable bonds is 5. The van der Waals surface area contributed by atoms with E-state index in [9.17, 15) is 0 Å². The van der Waals surface area contributed by atoms with Crippen molar-refractivity contribution in [3.05, 3.63) is 18.1 Å². The molecule has 1 heterocycles. The second kappa shape index (κ2) is 6.53. The van der Waals surface area contributed by atoms with Crippen LogP contribution in [0.5, 0.6) is 0 Å². The first kappa shape index (κ1) is 15.2. The molecule has 20 heavy (non-hydrogen) atoms. The average Bonchev–Trinajstić information content (AvgIpc) is 2.89. The summed E-state index contributed by atoms with van der Waals surface area (Å²) < 4.78 is 0. The molecule has 0 aliphatic heterocycles. The average molecular weight is 276 g/mol. The summed E-state index contributed by atoms with van der Waals surface area (Å²) in [6.07, 6.45) is 9.30. The van der Waals surface area contributed by atoms with Gasteiger partial charge in [-0.1, -0.05) is 12.8 Å². The molecular formula is C16H28N4. The van der Waals surface area contributed by atoms with Gasteiger partial charge in [-0.15, -0.1) is 0 Å². The summed E-state index contributed by atoms with van der Waals surface area (Å²) in [5.41, 5.74) is 1.11. The van der Waals surface area contributed by atoms with Gasteiger partial charge in [0.1, 0.15) is 5.82 Å². The first-order valence-corrected chi connectivity index (χ1v) is 7.71. The van der Waals surface area contributed by atoms with Gasteiger partial charge in [-0.3, -0.25) is 4.98 Å². The first-order valence-electron chi connectivity index (χ1n) is 7.71. The van der Waals surface area contributed by atoms with Gasteiger partial charge < -0.3 is 10.2 Å². The van der Waals surface area contributed by atoms with Crippen LogP contribution >= 0.6 is 0 Å². The van der Waals surface area contributed by atoms with E-state index in [1.807, 2.05) is 12.4 Å². The van der Waals surface area contributed by atoms with E-state index in [1.54, 1.807) is 0 Å². The summed E-state index contributed by atoms with van der Waals surface area (Å²) in [7, 11) is 2.12. The van der Waals surface area contributed by atoms with Gasteiger partial charge >= 0.3 is 0 Å². The van der Waals surface area contributed by atoms with Crippen LogP contribution in [-0.2, 0) is 6.54 Å². The fourth-order valence-electron chi connectivity index (χ4n) is 2.67. The maximum atomic E-state index is 4.54. The van der Waals surface area contributed by atoms with Crippen molar-refractivity contribution >= 4 is 5.82 Å². The number of nitrogens with zero attached hydrogens (tertiary/aromatic N) is 3. The summed E-state index contributed by atoms with van der Waals surface area (Å²) in [4.78, 5) is 11.3. The van der Waals surface area contributed by atoms with E-state index in [-0.39, 0.29) is 5.54 Å². The highest BCUT2D eigenvalue weighted by Crippen LogP contribution is 2.26. The largest absolute Gasteiger partial charge is 0.358 e. The third kappa shape index (κ3) is 4.75. The minimum Gasteiger partial charge on any atom is -0.358 e. The SMILES string of the molecule is CN(CC1CCCC1)c1cnc(CNC(C)(C)C)cn1. The molecule has 0 saturated heterocycles. The maximum absolute atomic E-state index is 4.54. The lowest BCUT2D eigenvalue weighted by Gasteiger charge is -2.22. The maximum Gasteiger partial charge on any atom is 0.146 e. The predicted molar refractivity (Wildman–Crippen MR) is 83.9 cm³/mol. The lowest BCUT2D eigenvalue weighted by Crippen LogP contribution is -2.35. The Morgan fingerprint density at radius 1 is 1.20 bits per heavy atom. The molecule has 1 fully saturated rings. The molecule has 0 aromatic carbocycles. The van der Waals surface area contributed by atoms with Gasteiger partial charge in [0, 0.05) is 25.7 Å². The topological polar surface area (TPSA) is 41.1 Å². The molecule has 1 aliphatic rings. The Morgan fingerprint density at radius 3 is 2.45 bits per heavy atom. The molecule has 4 heteroatoms. The quantitative estimate of drug-likeness (QED) is 0.897. The second-order valence-electron chi connectivity index (χ2n) is 7.00. The Labute approximate surface area is 123 Å². The van der Waals surface area contributed by atoms with Crippen LogP contribution in [0.15, 0.2) is 12.4 Å². The molecule has 0 unspecified atom stereocenters. The van der Waals surface area contributed by atoms with E-state index < -0.39 is 0 Å². The van der Waals surface area contributed by atoms with Crippen molar-refractivity contribution in [3.63, 3.8) is 0 Å². The number of nitrogens with one attached hydrogen (secondary N) is 1. The highest BCUT2D eigenvalue weighted by molar-refractivity contribution is 5.34. The second-order valence-corrected chi connectivity index (χ2v) is 7.00. The zero-order valence-corrected chi connectivity index (χ0v) is 13.3. The third-order valence-corrected chi connectivity index (χ3v) is 3.89. The Balaban J connectivity index is 1.86. The molecule has 1 aromatic heterocycles. The van der Waals surface area contributed by atoms with E-state index in [2.05, 4.69) is 48.0 Å². The summed E-state index contributed by atoms with van der Waals surface area (Å²) in [5.74, 6) is 1.82. The van der Waals surface area contributed by atoms with Gasteiger partial charge in [0.2, 0.25) is 0 Å². The van der Waals surface area contributed by atoms with Crippen molar-refractivity contribution in [3.8, 4) is 0 Å². The molecule has 112 valence electrons. The van der Waals surface area contributed by atoms with Crippen molar-refractivity contribution in [1.82, 2.24) is 15.3 Å². The number of hydrogen-bond donors (Lipinski definition) is 1. The van der Waals surface area contributed by atoms with Gasteiger partial charge in [-0.2, -0.15) is 0 Å². The highest BCUT2D eigenvalue weighted by Gasteiger charge is 2.17. The van der Waals surface area contributed by atoms with Crippen molar-refractivity contribution in [1.29, 1.82) is 0 Å². The number of anilines is 1. The normalized spacial score (nSPS) is 16.6. The van der Waals surface area contributed by atoms with Gasteiger partial charge in [-0.25, -0.2) is 4.98 Å². The van der Waals surface area contributed by atoms with Gasteiger partial charge in [0.15, 0.2) is 0 Å². The smallest absolute Gasteiger partial charge is 0.146 e. The molecule has 1 N–H and O–H groups in total. The predicted octanol–water partition coefficient (Wildman–Crippen LogP) is 2.99. The lowest BCUT2D eigenvalue weighted by molar-refractivity contribution is 0.421. The fraction of sp³-hybridized carbons (Fsp3) is 0.750. The van der Waals surface area contributed by atoms with Crippen molar-refractivity contribution in [2.24, 2.45) is 5.92 Å². The molecule has 1 aliphatic carbocycles. The van der Waals surface area contributed by atoms with Crippen molar-refractivity contribution in [2.45, 2.75) is 58.5 Å². The van der Waals surface area contributed by atoms with E-state index in [0.717, 1.165) is 30.5 Å². The van der Waals surface area contributed by atoms with Crippen LogP contribution in [0.3, 0.4) is 0 Å². The minimum absolute atomic E-state index is 0.111.